The fourth-order valence-corrected chi connectivity index (χ4v) is 0. The van der Waals surface area contributed by atoms with Gasteiger partial charge in [-0.2, -0.15) is 0 Å². The van der Waals surface area contributed by atoms with Crippen molar-refractivity contribution < 1.29 is 4.21 Å². The molecule has 1 atom stereocenters. The second kappa shape index (κ2) is 2.53. The topological polar surface area (TPSA) is 17.1 Å². The molecule has 1 nitrogen and oxygen atoms in total. The predicted molar refractivity (Wildman–Crippen MR) is 32.1 cm³/mol. The van der Waals surface area contributed by atoms with Crippen molar-refractivity contribution in [1.29, 1.82) is 0 Å². The van der Waals surface area contributed by atoms with Gasteiger partial charge in [-0.15, -0.1) is 0 Å². The third kappa shape index (κ3) is 2.60. The quantitative estimate of drug-likeness (QED) is 0.576. The molecule has 0 rings (SSSR count). The molecule has 0 aromatic heterocycles. The van der Waals surface area contributed by atoms with Crippen LogP contribution in [0.5, 0.6) is 0 Å². The monoisotopic (exact) mass is 168 g/mol. The van der Waals surface area contributed by atoms with E-state index in [4.69, 9.17) is 0 Å². The van der Waals surface area contributed by atoms with Gasteiger partial charge in [0.1, 0.15) is 0 Å². The lowest BCUT2D eigenvalue weighted by Gasteiger charge is -1.80. The fraction of sp³-hybridized carbons (Fsp3) is 0.333. The average Bonchev–Trinajstić information content (AvgIpc) is 1.36. The highest BCUT2D eigenvalue weighted by Gasteiger charge is 1.85. The molecule has 1 unspecified atom stereocenters. The zero-order chi connectivity index (χ0) is 5.15. The highest BCUT2D eigenvalue weighted by molar-refractivity contribution is 9.13. The first-order valence-electron chi connectivity index (χ1n) is 1.32. The molecule has 0 spiro atoms. The van der Waals surface area contributed by atoms with E-state index in [1.54, 1.807) is 6.26 Å². The van der Waals surface area contributed by atoms with Crippen LogP contribution in [0.3, 0.4) is 0 Å². The van der Waals surface area contributed by atoms with Gasteiger partial charge in [-0.1, -0.05) is 6.58 Å². The lowest BCUT2D eigenvalue weighted by molar-refractivity contribution is 0.691. The Kier molecular flexibility index (Phi) is 2.68. The molecule has 6 heavy (non-hydrogen) atoms. The van der Waals surface area contributed by atoms with E-state index in [9.17, 15) is 4.21 Å². The fourth-order valence-electron chi connectivity index (χ4n) is 0. The van der Waals surface area contributed by atoms with Crippen LogP contribution in [0.25, 0.3) is 0 Å². The molecule has 0 N–H and O–H groups in total. The maximum absolute atomic E-state index is 10.1. The van der Waals surface area contributed by atoms with Gasteiger partial charge >= 0.3 is 0 Å². The zero-order valence-corrected chi connectivity index (χ0v) is 5.80. The SMILES string of the molecule is C=C(Br)S(C)=O. The number of halogens is 1. The van der Waals surface area contributed by atoms with Crippen LogP contribution in [0.4, 0.5) is 0 Å². The van der Waals surface area contributed by atoms with Gasteiger partial charge in [0.15, 0.2) is 0 Å². The molecule has 0 aromatic rings. The summed E-state index contributed by atoms with van der Waals surface area (Å²) >= 11 is 2.94. The molecule has 3 heteroatoms. The van der Waals surface area contributed by atoms with E-state index in [2.05, 4.69) is 22.5 Å². The van der Waals surface area contributed by atoms with Gasteiger partial charge in [0, 0.05) is 6.26 Å². The lowest BCUT2D eigenvalue weighted by atomic mass is 11.3. The molecule has 0 aliphatic carbocycles. The third-order valence-corrected chi connectivity index (χ3v) is 2.30. The van der Waals surface area contributed by atoms with E-state index in [0.717, 1.165) is 0 Å². The van der Waals surface area contributed by atoms with Crippen molar-refractivity contribution in [3.8, 4) is 0 Å². The Morgan fingerprint density at radius 2 is 2.17 bits per heavy atom. The van der Waals surface area contributed by atoms with E-state index in [0.29, 0.717) is 3.81 Å². The van der Waals surface area contributed by atoms with Gasteiger partial charge < -0.3 is 0 Å². The molecule has 0 aromatic carbocycles. The summed E-state index contributed by atoms with van der Waals surface area (Å²) < 4.78 is 10.7. The van der Waals surface area contributed by atoms with E-state index < -0.39 is 10.8 Å². The van der Waals surface area contributed by atoms with Crippen molar-refractivity contribution in [3.05, 3.63) is 10.4 Å². The van der Waals surface area contributed by atoms with Gasteiger partial charge in [-0.05, 0) is 15.9 Å². The van der Waals surface area contributed by atoms with Gasteiger partial charge in [0.25, 0.3) is 0 Å². The van der Waals surface area contributed by atoms with E-state index >= 15 is 0 Å². The number of hydrogen-bond acceptors (Lipinski definition) is 1. The minimum Gasteiger partial charge on any atom is -0.254 e. The first-order chi connectivity index (χ1) is 2.64. The molecular formula is C3H5BrOS. The van der Waals surface area contributed by atoms with E-state index in [-0.39, 0.29) is 0 Å². The van der Waals surface area contributed by atoms with Crippen molar-refractivity contribution in [2.75, 3.05) is 6.26 Å². The summed E-state index contributed by atoms with van der Waals surface area (Å²) in [7, 11) is -0.895. The Morgan fingerprint density at radius 3 is 2.17 bits per heavy atom. The van der Waals surface area contributed by atoms with Crippen LogP contribution < -0.4 is 0 Å². The highest BCUT2D eigenvalue weighted by atomic mass is 79.9. The largest absolute Gasteiger partial charge is 0.254 e. The third-order valence-electron chi connectivity index (χ3n) is 0.312. The molecule has 0 saturated heterocycles. The maximum atomic E-state index is 10.1. The number of hydrogen-bond donors (Lipinski definition) is 0. The molecule has 0 fully saturated rings. The van der Waals surface area contributed by atoms with Gasteiger partial charge in [0.05, 0.1) is 14.6 Å². The predicted octanol–water partition coefficient (Wildman–Crippen LogP) is 1.23. The summed E-state index contributed by atoms with van der Waals surface area (Å²) in [4.78, 5) is 0. The molecule has 0 heterocycles. The molecule has 0 bridgehead atoms. The minimum atomic E-state index is -0.895. The van der Waals surface area contributed by atoms with Crippen molar-refractivity contribution in [1.82, 2.24) is 0 Å². The van der Waals surface area contributed by atoms with Crippen LogP contribution in [0.15, 0.2) is 10.4 Å². The Bertz CT molecular complexity index is 76.8. The van der Waals surface area contributed by atoms with Crippen molar-refractivity contribution >= 4 is 26.7 Å². The van der Waals surface area contributed by atoms with E-state index in [1.807, 2.05) is 0 Å². The second-order valence-electron chi connectivity index (χ2n) is 0.809. The van der Waals surface area contributed by atoms with Crippen LogP contribution in [0.2, 0.25) is 0 Å². The summed E-state index contributed by atoms with van der Waals surface area (Å²) in [5, 5.41) is 0. The van der Waals surface area contributed by atoms with E-state index in [1.165, 1.54) is 0 Å². The van der Waals surface area contributed by atoms with Crippen LogP contribution in [-0.4, -0.2) is 10.5 Å². The maximum Gasteiger partial charge on any atom is 0.0741 e. The van der Waals surface area contributed by atoms with Crippen molar-refractivity contribution in [2.45, 2.75) is 0 Å². The highest BCUT2D eigenvalue weighted by Crippen LogP contribution is 2.02. The summed E-state index contributed by atoms with van der Waals surface area (Å²) in [5.74, 6) is 0. The van der Waals surface area contributed by atoms with Crippen LogP contribution in [0.1, 0.15) is 0 Å². The summed E-state index contributed by atoms with van der Waals surface area (Å²) in [6.45, 7) is 3.37. The lowest BCUT2D eigenvalue weighted by Crippen LogP contribution is -1.77. The van der Waals surface area contributed by atoms with Crippen LogP contribution in [0, 0.1) is 0 Å². The standard InChI is InChI=1S/C3H5BrOS/c1-3(4)6(2)5/h1H2,2H3. The number of rotatable bonds is 1. The molecule has 0 aliphatic rings. The Morgan fingerprint density at radius 1 is 2.00 bits per heavy atom. The first kappa shape index (κ1) is 6.37. The molecule has 36 valence electrons. The minimum absolute atomic E-state index is 0.544. The molecule has 0 aliphatic heterocycles. The van der Waals surface area contributed by atoms with Crippen molar-refractivity contribution in [2.24, 2.45) is 0 Å². The summed E-state index contributed by atoms with van der Waals surface area (Å²) in [5.41, 5.74) is 0. The molecule has 0 saturated carbocycles. The zero-order valence-electron chi connectivity index (χ0n) is 3.40. The molecule has 0 amide bonds. The normalized spacial score (nSPS) is 13.7. The van der Waals surface area contributed by atoms with Crippen LogP contribution >= 0.6 is 15.9 Å². The molecule has 0 radical (unpaired) electrons. The first-order valence-corrected chi connectivity index (χ1v) is 3.67. The Hall–Kier alpha value is 0.370. The summed E-state index contributed by atoms with van der Waals surface area (Å²) in [6, 6.07) is 0. The van der Waals surface area contributed by atoms with Crippen molar-refractivity contribution in [3.63, 3.8) is 0 Å². The smallest absolute Gasteiger partial charge is 0.0741 e. The Balaban J connectivity index is 3.57. The Labute approximate surface area is 48.0 Å². The average molecular weight is 169 g/mol. The summed E-state index contributed by atoms with van der Waals surface area (Å²) in [6.07, 6.45) is 1.57. The second-order valence-corrected chi connectivity index (χ2v) is 3.69. The van der Waals surface area contributed by atoms with Crippen LogP contribution in [-0.2, 0) is 10.8 Å². The molecular weight excluding hydrogens is 164 g/mol. The van der Waals surface area contributed by atoms with Gasteiger partial charge in [-0.3, -0.25) is 4.21 Å². The van der Waals surface area contributed by atoms with Gasteiger partial charge in [0.2, 0.25) is 0 Å². The van der Waals surface area contributed by atoms with Gasteiger partial charge in [-0.25, -0.2) is 0 Å².